The molecular weight excluding hydrogens is 510 g/mol. The van der Waals surface area contributed by atoms with Crippen LogP contribution in [0.2, 0.25) is 0 Å². The Hall–Kier alpha value is -4.23. The van der Waals surface area contributed by atoms with E-state index in [0.29, 0.717) is 11.1 Å². The number of amides is 1. The molecule has 0 aliphatic heterocycles. The second-order valence-electron chi connectivity index (χ2n) is 9.15. The summed E-state index contributed by atoms with van der Waals surface area (Å²) in [5.41, 5.74) is 3.30. The third-order valence-corrected chi connectivity index (χ3v) is 8.46. The third kappa shape index (κ3) is 7.88. The van der Waals surface area contributed by atoms with E-state index in [-0.39, 0.29) is 31.2 Å². The van der Waals surface area contributed by atoms with Crippen molar-refractivity contribution in [2.45, 2.75) is 17.6 Å². The number of nitrogens with one attached hydrogen (secondary N) is 1. The molecule has 0 unspecified atom stereocenters. The first-order valence-corrected chi connectivity index (χ1v) is 14.5. The quantitative estimate of drug-likeness (QED) is 0.253. The molecule has 0 heterocycles. The Morgan fingerprint density at radius 2 is 1.05 bits per heavy atom. The van der Waals surface area contributed by atoms with Crippen LogP contribution in [-0.2, 0) is 24.2 Å². The molecule has 1 N–H and O–H groups in total. The molecule has 4 rings (SSSR count). The largest absolute Gasteiger partial charge is 0.463 e. The van der Waals surface area contributed by atoms with E-state index in [0.717, 1.165) is 11.1 Å². The summed E-state index contributed by atoms with van der Waals surface area (Å²) >= 11 is 0. The number of carbonyl (C=O) groups is 2. The number of esters is 1. The van der Waals surface area contributed by atoms with Crippen LogP contribution in [0.15, 0.2) is 121 Å². The van der Waals surface area contributed by atoms with Crippen molar-refractivity contribution >= 4 is 21.7 Å². The Morgan fingerprint density at radius 3 is 1.49 bits per heavy atom. The minimum Gasteiger partial charge on any atom is -0.463 e. The molecule has 0 aliphatic carbocycles. The molecule has 4 aromatic carbocycles. The molecule has 4 aromatic rings. The molecule has 1 amide bonds. The lowest BCUT2D eigenvalue weighted by Crippen LogP contribution is -2.33. The first kappa shape index (κ1) is 27.8. The summed E-state index contributed by atoms with van der Waals surface area (Å²) in [7, 11) is -3.72. The number of ether oxygens (including phenoxy) is 1. The van der Waals surface area contributed by atoms with Crippen molar-refractivity contribution in [1.82, 2.24) is 5.32 Å². The highest BCUT2D eigenvalue weighted by Crippen LogP contribution is 2.31. The topological polar surface area (TPSA) is 89.5 Å². The fraction of sp³-hybridized carbons (Fsp3) is 0.188. The molecule has 7 heteroatoms. The van der Waals surface area contributed by atoms with Crippen molar-refractivity contribution in [2.75, 3.05) is 18.9 Å². The van der Waals surface area contributed by atoms with Crippen molar-refractivity contribution in [3.8, 4) is 0 Å². The van der Waals surface area contributed by atoms with Gasteiger partial charge in [-0.2, -0.15) is 0 Å². The van der Waals surface area contributed by atoms with Gasteiger partial charge in [-0.25, -0.2) is 8.42 Å². The fourth-order valence-electron chi connectivity index (χ4n) is 4.46. The Labute approximate surface area is 229 Å². The standard InChI is InChI=1S/C32H31NO5S/c34-30(21-22-39(36,37)32(27-17-9-3-10-18-27)28-19-11-4-12-20-28)33-23-31(35)38-24-29(25-13-5-1-6-14-25)26-15-7-2-8-16-26/h1-20,29,32H,21-24H2,(H,33,34). The Bertz CT molecular complexity index is 1360. The number of hydrogen-bond acceptors (Lipinski definition) is 5. The second-order valence-corrected chi connectivity index (χ2v) is 11.4. The number of hydrogen-bond donors (Lipinski definition) is 1. The molecule has 0 radical (unpaired) electrons. The van der Waals surface area contributed by atoms with Crippen molar-refractivity contribution < 1.29 is 22.7 Å². The second kappa shape index (κ2) is 13.5. The van der Waals surface area contributed by atoms with Crippen LogP contribution in [-0.4, -0.2) is 39.2 Å². The maximum atomic E-state index is 13.3. The molecule has 0 bridgehead atoms. The highest BCUT2D eigenvalue weighted by molar-refractivity contribution is 7.91. The maximum absolute atomic E-state index is 13.3. The van der Waals surface area contributed by atoms with E-state index in [2.05, 4.69) is 5.32 Å². The SMILES string of the molecule is O=C(CCS(=O)(=O)C(c1ccccc1)c1ccccc1)NCC(=O)OCC(c1ccccc1)c1ccccc1. The zero-order valence-electron chi connectivity index (χ0n) is 21.5. The van der Waals surface area contributed by atoms with Crippen LogP contribution in [0.25, 0.3) is 0 Å². The summed E-state index contributed by atoms with van der Waals surface area (Å²) in [4.78, 5) is 24.9. The van der Waals surface area contributed by atoms with E-state index >= 15 is 0 Å². The van der Waals surface area contributed by atoms with Gasteiger partial charge in [0, 0.05) is 12.3 Å². The van der Waals surface area contributed by atoms with Crippen molar-refractivity contribution in [2.24, 2.45) is 0 Å². The molecule has 0 spiro atoms. The van der Waals surface area contributed by atoms with E-state index in [1.165, 1.54) is 0 Å². The van der Waals surface area contributed by atoms with Crippen LogP contribution in [0, 0.1) is 0 Å². The molecule has 0 saturated carbocycles. The van der Waals surface area contributed by atoms with Gasteiger partial charge < -0.3 is 10.1 Å². The minimum absolute atomic E-state index is 0.118. The number of sulfone groups is 1. The van der Waals surface area contributed by atoms with Gasteiger partial charge in [-0.1, -0.05) is 121 Å². The van der Waals surface area contributed by atoms with Gasteiger partial charge in [0.1, 0.15) is 18.4 Å². The average Bonchev–Trinajstić information content (AvgIpc) is 2.97. The molecule has 0 fully saturated rings. The van der Waals surface area contributed by atoms with Crippen molar-refractivity contribution in [3.05, 3.63) is 144 Å². The monoisotopic (exact) mass is 541 g/mol. The average molecular weight is 542 g/mol. The van der Waals surface area contributed by atoms with Gasteiger partial charge in [-0.3, -0.25) is 9.59 Å². The summed E-state index contributed by atoms with van der Waals surface area (Å²) in [6.45, 7) is -0.219. The van der Waals surface area contributed by atoms with Gasteiger partial charge in [0.05, 0.1) is 5.75 Å². The van der Waals surface area contributed by atoms with Crippen LogP contribution in [0.4, 0.5) is 0 Å². The van der Waals surface area contributed by atoms with E-state index in [1.807, 2.05) is 72.8 Å². The lowest BCUT2D eigenvalue weighted by molar-refractivity contribution is -0.144. The first-order valence-electron chi connectivity index (χ1n) is 12.8. The summed E-state index contributed by atoms with van der Waals surface area (Å²) in [6, 6.07) is 37.4. The maximum Gasteiger partial charge on any atom is 0.325 e. The fourth-order valence-corrected chi connectivity index (χ4v) is 6.31. The summed E-state index contributed by atoms with van der Waals surface area (Å²) < 4.78 is 32.2. The number of benzene rings is 4. The molecule has 0 aromatic heterocycles. The van der Waals surface area contributed by atoms with Gasteiger partial charge in [0.25, 0.3) is 0 Å². The smallest absolute Gasteiger partial charge is 0.325 e. The normalized spacial score (nSPS) is 11.3. The first-order chi connectivity index (χ1) is 18.9. The summed E-state index contributed by atoms with van der Waals surface area (Å²) in [5.74, 6) is -1.62. The Kier molecular flexibility index (Phi) is 9.64. The lowest BCUT2D eigenvalue weighted by Gasteiger charge is -2.19. The molecule has 0 aliphatic rings. The Morgan fingerprint density at radius 1 is 0.641 bits per heavy atom. The Balaban J connectivity index is 1.32. The predicted octanol–water partition coefficient (Wildman–Crippen LogP) is 5.07. The van der Waals surface area contributed by atoms with E-state index < -0.39 is 27.0 Å². The van der Waals surface area contributed by atoms with Gasteiger partial charge >= 0.3 is 5.97 Å². The molecule has 6 nitrogen and oxygen atoms in total. The van der Waals surface area contributed by atoms with E-state index in [4.69, 9.17) is 4.74 Å². The number of rotatable bonds is 12. The highest BCUT2D eigenvalue weighted by Gasteiger charge is 2.29. The van der Waals surface area contributed by atoms with Crippen LogP contribution in [0.1, 0.15) is 39.8 Å². The third-order valence-electron chi connectivity index (χ3n) is 6.42. The predicted molar refractivity (Wildman–Crippen MR) is 152 cm³/mol. The summed E-state index contributed by atoms with van der Waals surface area (Å²) in [6.07, 6.45) is -0.261. The van der Waals surface area contributed by atoms with Crippen LogP contribution >= 0.6 is 0 Å². The zero-order chi connectivity index (χ0) is 27.5. The van der Waals surface area contributed by atoms with Crippen molar-refractivity contribution in [3.63, 3.8) is 0 Å². The lowest BCUT2D eigenvalue weighted by atomic mass is 9.92. The van der Waals surface area contributed by atoms with Crippen LogP contribution in [0.3, 0.4) is 0 Å². The molecule has 0 atom stereocenters. The van der Waals surface area contributed by atoms with Crippen LogP contribution in [0.5, 0.6) is 0 Å². The summed E-state index contributed by atoms with van der Waals surface area (Å²) in [5, 5.41) is 1.62. The van der Waals surface area contributed by atoms with Gasteiger partial charge in [-0.05, 0) is 22.3 Å². The van der Waals surface area contributed by atoms with Crippen molar-refractivity contribution in [1.29, 1.82) is 0 Å². The molecule has 200 valence electrons. The highest BCUT2D eigenvalue weighted by atomic mass is 32.2. The van der Waals surface area contributed by atoms with Gasteiger partial charge in [0.15, 0.2) is 9.84 Å². The molecular formula is C32H31NO5S. The van der Waals surface area contributed by atoms with E-state index in [9.17, 15) is 18.0 Å². The van der Waals surface area contributed by atoms with Gasteiger partial charge in [0.2, 0.25) is 5.91 Å². The number of carbonyl (C=O) groups excluding carboxylic acids is 2. The van der Waals surface area contributed by atoms with Gasteiger partial charge in [-0.15, -0.1) is 0 Å². The molecule has 39 heavy (non-hydrogen) atoms. The van der Waals surface area contributed by atoms with Crippen LogP contribution < -0.4 is 5.32 Å². The minimum atomic E-state index is -3.72. The van der Waals surface area contributed by atoms with E-state index in [1.54, 1.807) is 48.5 Å². The molecule has 0 saturated heterocycles. The zero-order valence-corrected chi connectivity index (χ0v) is 22.3.